The van der Waals surface area contributed by atoms with Gasteiger partial charge in [0.1, 0.15) is 11.5 Å². The molecule has 1 rings (SSSR count). The summed E-state index contributed by atoms with van der Waals surface area (Å²) in [5.74, 6) is -0.376. The van der Waals surface area contributed by atoms with Gasteiger partial charge in [-0.05, 0) is 26.0 Å². The molecule has 0 radical (unpaired) electrons. The SMILES string of the molecule is C=CCNC(=O)C(=O)N/N=C\c1ccc(OCC)cc1OCC. The van der Waals surface area contributed by atoms with E-state index in [0.717, 1.165) is 0 Å². The zero-order chi connectivity index (χ0) is 17.1. The second-order valence-corrected chi connectivity index (χ2v) is 4.26. The topological polar surface area (TPSA) is 89.0 Å². The molecule has 0 saturated heterocycles. The van der Waals surface area contributed by atoms with Crippen molar-refractivity contribution in [1.82, 2.24) is 10.7 Å². The van der Waals surface area contributed by atoms with E-state index in [1.54, 1.807) is 18.2 Å². The van der Waals surface area contributed by atoms with E-state index in [9.17, 15) is 9.59 Å². The molecule has 0 aliphatic heterocycles. The van der Waals surface area contributed by atoms with Gasteiger partial charge < -0.3 is 14.8 Å². The van der Waals surface area contributed by atoms with E-state index in [1.165, 1.54) is 12.3 Å². The van der Waals surface area contributed by atoms with Crippen LogP contribution in [0, 0.1) is 0 Å². The highest BCUT2D eigenvalue weighted by Crippen LogP contribution is 2.23. The van der Waals surface area contributed by atoms with Crippen LogP contribution in [0.4, 0.5) is 0 Å². The molecular weight excluding hydrogens is 298 g/mol. The number of carbonyl (C=O) groups is 2. The van der Waals surface area contributed by atoms with Crippen LogP contribution in [0.5, 0.6) is 11.5 Å². The maximum Gasteiger partial charge on any atom is 0.329 e. The summed E-state index contributed by atoms with van der Waals surface area (Å²) in [5.41, 5.74) is 2.80. The maximum absolute atomic E-state index is 11.5. The second kappa shape index (κ2) is 9.99. The molecule has 0 unspecified atom stereocenters. The maximum atomic E-state index is 11.5. The monoisotopic (exact) mass is 319 g/mol. The highest BCUT2D eigenvalue weighted by Gasteiger charge is 2.11. The normalized spacial score (nSPS) is 10.2. The number of benzene rings is 1. The minimum Gasteiger partial charge on any atom is -0.494 e. The molecule has 0 aliphatic carbocycles. The van der Waals surface area contributed by atoms with E-state index in [1.807, 2.05) is 13.8 Å². The number of amides is 2. The van der Waals surface area contributed by atoms with E-state index in [4.69, 9.17) is 9.47 Å². The van der Waals surface area contributed by atoms with Crippen LogP contribution in [0.15, 0.2) is 36.0 Å². The van der Waals surface area contributed by atoms with Crippen LogP contribution in [0.25, 0.3) is 0 Å². The molecule has 0 aromatic heterocycles. The second-order valence-electron chi connectivity index (χ2n) is 4.26. The van der Waals surface area contributed by atoms with Gasteiger partial charge in [0.15, 0.2) is 0 Å². The lowest BCUT2D eigenvalue weighted by Crippen LogP contribution is -2.37. The van der Waals surface area contributed by atoms with Crippen molar-refractivity contribution >= 4 is 18.0 Å². The van der Waals surface area contributed by atoms with Crippen LogP contribution >= 0.6 is 0 Å². The smallest absolute Gasteiger partial charge is 0.329 e. The van der Waals surface area contributed by atoms with Crippen molar-refractivity contribution < 1.29 is 19.1 Å². The van der Waals surface area contributed by atoms with Crippen molar-refractivity contribution in [1.29, 1.82) is 0 Å². The Morgan fingerprint density at radius 3 is 2.61 bits per heavy atom. The molecule has 23 heavy (non-hydrogen) atoms. The van der Waals surface area contributed by atoms with Crippen molar-refractivity contribution in [3.05, 3.63) is 36.4 Å². The third kappa shape index (κ3) is 6.21. The Hall–Kier alpha value is -2.83. The molecule has 0 atom stereocenters. The average Bonchev–Trinajstić information content (AvgIpc) is 2.55. The van der Waals surface area contributed by atoms with Crippen molar-refractivity contribution in [2.75, 3.05) is 19.8 Å². The lowest BCUT2D eigenvalue weighted by Gasteiger charge is -2.09. The van der Waals surface area contributed by atoms with Crippen LogP contribution in [0.2, 0.25) is 0 Å². The van der Waals surface area contributed by atoms with E-state index in [-0.39, 0.29) is 6.54 Å². The summed E-state index contributed by atoms with van der Waals surface area (Å²) >= 11 is 0. The van der Waals surface area contributed by atoms with Gasteiger partial charge in [0.2, 0.25) is 0 Å². The van der Waals surface area contributed by atoms with Crippen molar-refractivity contribution in [2.24, 2.45) is 5.10 Å². The first-order chi connectivity index (χ1) is 11.1. The van der Waals surface area contributed by atoms with Gasteiger partial charge in [0.25, 0.3) is 0 Å². The Morgan fingerprint density at radius 1 is 1.22 bits per heavy atom. The molecule has 0 bridgehead atoms. The van der Waals surface area contributed by atoms with E-state index in [2.05, 4.69) is 22.4 Å². The van der Waals surface area contributed by atoms with Gasteiger partial charge in [-0.1, -0.05) is 6.08 Å². The van der Waals surface area contributed by atoms with Gasteiger partial charge in [-0.3, -0.25) is 9.59 Å². The summed E-state index contributed by atoms with van der Waals surface area (Å²) in [4.78, 5) is 22.8. The first-order valence-corrected chi connectivity index (χ1v) is 7.24. The Bertz CT molecular complexity index is 585. The molecule has 0 saturated carbocycles. The minimum atomic E-state index is -0.855. The highest BCUT2D eigenvalue weighted by molar-refractivity contribution is 6.35. The fourth-order valence-corrected chi connectivity index (χ4v) is 1.61. The summed E-state index contributed by atoms with van der Waals surface area (Å²) in [5, 5.41) is 6.11. The number of ether oxygens (including phenoxy) is 2. The number of hydrogen-bond donors (Lipinski definition) is 2. The van der Waals surface area contributed by atoms with Crippen molar-refractivity contribution in [2.45, 2.75) is 13.8 Å². The first kappa shape index (κ1) is 18.2. The lowest BCUT2D eigenvalue weighted by molar-refractivity contribution is -0.139. The number of nitrogens with zero attached hydrogens (tertiary/aromatic N) is 1. The zero-order valence-corrected chi connectivity index (χ0v) is 13.3. The average molecular weight is 319 g/mol. The van der Waals surface area contributed by atoms with Gasteiger partial charge in [-0.15, -0.1) is 6.58 Å². The predicted molar refractivity (Wildman–Crippen MR) is 87.7 cm³/mol. The number of hydrazone groups is 1. The molecule has 2 amide bonds. The fourth-order valence-electron chi connectivity index (χ4n) is 1.61. The van der Waals surface area contributed by atoms with E-state index < -0.39 is 11.8 Å². The largest absolute Gasteiger partial charge is 0.494 e. The molecule has 7 heteroatoms. The fraction of sp³-hybridized carbons (Fsp3) is 0.312. The highest BCUT2D eigenvalue weighted by atomic mass is 16.5. The summed E-state index contributed by atoms with van der Waals surface area (Å²) in [6.45, 7) is 8.43. The van der Waals surface area contributed by atoms with Gasteiger partial charge in [-0.25, -0.2) is 5.43 Å². The molecule has 0 aliphatic rings. The molecule has 0 heterocycles. The molecular formula is C16H21N3O4. The van der Waals surface area contributed by atoms with Crippen molar-refractivity contribution in [3.63, 3.8) is 0 Å². The Morgan fingerprint density at radius 2 is 1.96 bits per heavy atom. The number of nitrogens with one attached hydrogen (secondary N) is 2. The number of rotatable bonds is 8. The van der Waals surface area contributed by atoms with Crippen molar-refractivity contribution in [3.8, 4) is 11.5 Å². The van der Waals surface area contributed by atoms with Gasteiger partial charge in [0, 0.05) is 18.2 Å². The Labute approximate surface area is 135 Å². The first-order valence-electron chi connectivity index (χ1n) is 7.24. The van der Waals surface area contributed by atoms with Crippen LogP contribution in [0.3, 0.4) is 0 Å². The van der Waals surface area contributed by atoms with Gasteiger partial charge in [0.05, 0.1) is 19.4 Å². The summed E-state index contributed by atoms with van der Waals surface area (Å²) in [7, 11) is 0. The summed E-state index contributed by atoms with van der Waals surface area (Å²) < 4.78 is 10.9. The molecule has 0 spiro atoms. The molecule has 2 N–H and O–H groups in total. The Balaban J connectivity index is 2.73. The van der Waals surface area contributed by atoms with Crippen LogP contribution in [-0.4, -0.2) is 37.8 Å². The summed E-state index contributed by atoms with van der Waals surface area (Å²) in [6, 6.07) is 5.27. The zero-order valence-electron chi connectivity index (χ0n) is 13.3. The molecule has 1 aromatic carbocycles. The third-order valence-electron chi connectivity index (χ3n) is 2.58. The number of hydrogen-bond acceptors (Lipinski definition) is 5. The molecule has 1 aromatic rings. The van der Waals surface area contributed by atoms with Crippen LogP contribution in [0.1, 0.15) is 19.4 Å². The van der Waals surface area contributed by atoms with Gasteiger partial charge >= 0.3 is 11.8 Å². The Kier molecular flexibility index (Phi) is 7.91. The standard InChI is InChI=1S/C16H21N3O4/c1-4-9-17-15(20)16(21)19-18-11-12-7-8-13(22-5-2)10-14(12)23-6-3/h4,7-8,10-11H,1,5-6,9H2,2-3H3,(H,17,20)(H,19,21)/b18-11-. The number of carbonyl (C=O) groups excluding carboxylic acids is 2. The minimum absolute atomic E-state index is 0.212. The molecule has 7 nitrogen and oxygen atoms in total. The van der Waals surface area contributed by atoms with Crippen LogP contribution in [-0.2, 0) is 9.59 Å². The third-order valence-corrected chi connectivity index (χ3v) is 2.58. The van der Waals surface area contributed by atoms with E-state index in [0.29, 0.717) is 30.3 Å². The summed E-state index contributed by atoms with van der Waals surface area (Å²) in [6.07, 6.45) is 2.88. The molecule has 0 fully saturated rings. The predicted octanol–water partition coefficient (Wildman–Crippen LogP) is 1.24. The van der Waals surface area contributed by atoms with Crippen LogP contribution < -0.4 is 20.2 Å². The van der Waals surface area contributed by atoms with E-state index >= 15 is 0 Å². The molecule has 124 valence electrons. The lowest BCUT2D eigenvalue weighted by atomic mass is 10.2. The quantitative estimate of drug-likeness (QED) is 0.326. The van der Waals surface area contributed by atoms with Gasteiger partial charge in [-0.2, -0.15) is 5.10 Å².